The number of halogens is 3. The average molecular weight is 262 g/mol. The van der Waals surface area contributed by atoms with E-state index in [0.717, 1.165) is 6.20 Å². The number of nitriles is 1. The molecule has 0 aliphatic heterocycles. The third kappa shape index (κ3) is 1.99. The molecule has 0 saturated heterocycles. The molecule has 1 aromatic heterocycles. The first kappa shape index (κ1) is 10.9. The lowest BCUT2D eigenvalue weighted by Crippen LogP contribution is -2.02. The fourth-order valence-electron chi connectivity index (χ4n) is 0.980. The summed E-state index contributed by atoms with van der Waals surface area (Å²) in [5.74, 6) is 0. The first-order valence-corrected chi connectivity index (χ1v) is 4.45. The number of hydrogen-bond donors (Lipinski definition) is 1. The molecule has 0 amide bonds. The molecule has 6 heteroatoms. The van der Waals surface area contributed by atoms with Crippen LogP contribution >= 0.6 is 15.9 Å². The molecule has 0 bridgehead atoms. The molecule has 3 nitrogen and oxygen atoms in total. The Hall–Kier alpha value is -1.22. The maximum Gasteiger partial charge on any atom is 0.267 e. The fourth-order valence-corrected chi connectivity index (χ4v) is 1.44. The van der Waals surface area contributed by atoms with E-state index in [1.807, 2.05) is 6.07 Å². The van der Waals surface area contributed by atoms with Gasteiger partial charge in [0.1, 0.15) is 4.60 Å². The van der Waals surface area contributed by atoms with Gasteiger partial charge in [-0.05, 0) is 15.9 Å². The Morgan fingerprint density at radius 2 is 2.29 bits per heavy atom. The highest BCUT2D eigenvalue weighted by Crippen LogP contribution is 2.30. The molecule has 0 aromatic carbocycles. The van der Waals surface area contributed by atoms with Crippen molar-refractivity contribution in [3.8, 4) is 6.07 Å². The van der Waals surface area contributed by atoms with Crippen molar-refractivity contribution in [2.75, 3.05) is 5.73 Å². The molecular formula is C8H6BrF2N3. The summed E-state index contributed by atoms with van der Waals surface area (Å²) in [6.07, 6.45) is -1.71. The lowest BCUT2D eigenvalue weighted by atomic mass is 10.1. The lowest BCUT2D eigenvalue weighted by Gasteiger charge is -2.08. The number of nitrogens with zero attached hydrogens (tertiary/aromatic N) is 2. The number of anilines is 1. The smallest absolute Gasteiger partial charge is 0.267 e. The van der Waals surface area contributed by atoms with Gasteiger partial charge in [0.2, 0.25) is 0 Å². The molecule has 0 saturated carbocycles. The number of nitrogen functional groups attached to an aromatic ring is 1. The summed E-state index contributed by atoms with van der Waals surface area (Å²) in [6.45, 7) is 0. The van der Waals surface area contributed by atoms with E-state index in [4.69, 9.17) is 11.0 Å². The molecule has 2 N–H and O–H groups in total. The summed E-state index contributed by atoms with van der Waals surface area (Å²) in [5.41, 5.74) is 5.38. The van der Waals surface area contributed by atoms with Gasteiger partial charge in [0.15, 0.2) is 0 Å². The van der Waals surface area contributed by atoms with Gasteiger partial charge < -0.3 is 5.73 Å². The zero-order valence-corrected chi connectivity index (χ0v) is 8.55. The Bertz CT molecular complexity index is 387. The number of aromatic nitrogens is 1. The molecule has 0 atom stereocenters. The van der Waals surface area contributed by atoms with E-state index in [2.05, 4.69) is 20.9 Å². The third-order valence-electron chi connectivity index (χ3n) is 1.69. The van der Waals surface area contributed by atoms with Gasteiger partial charge in [0.25, 0.3) is 6.43 Å². The van der Waals surface area contributed by atoms with Crippen molar-refractivity contribution in [3.05, 3.63) is 21.9 Å². The van der Waals surface area contributed by atoms with Crippen LogP contribution in [-0.4, -0.2) is 4.98 Å². The van der Waals surface area contributed by atoms with Gasteiger partial charge in [-0.25, -0.2) is 13.8 Å². The highest BCUT2D eigenvalue weighted by molar-refractivity contribution is 9.10. The molecule has 0 aliphatic rings. The van der Waals surface area contributed by atoms with E-state index >= 15 is 0 Å². The number of nitrogens with two attached hydrogens (primary N) is 1. The Balaban J connectivity index is 3.27. The molecule has 1 rings (SSSR count). The first-order chi connectivity index (χ1) is 6.57. The number of alkyl halides is 2. The molecule has 0 fully saturated rings. The van der Waals surface area contributed by atoms with Gasteiger partial charge in [0, 0.05) is 17.4 Å². The van der Waals surface area contributed by atoms with E-state index in [-0.39, 0.29) is 17.7 Å². The van der Waals surface area contributed by atoms with Crippen LogP contribution in [0.2, 0.25) is 0 Å². The van der Waals surface area contributed by atoms with Crippen LogP contribution in [0.25, 0.3) is 0 Å². The third-order valence-corrected chi connectivity index (χ3v) is 2.38. The molecule has 1 heterocycles. The monoisotopic (exact) mass is 261 g/mol. The van der Waals surface area contributed by atoms with Crippen molar-refractivity contribution >= 4 is 21.6 Å². The van der Waals surface area contributed by atoms with E-state index in [9.17, 15) is 8.78 Å². The predicted octanol–water partition coefficient (Wildman–Crippen LogP) is 2.43. The SMILES string of the molecule is N#CCc1c(Br)ncc(C(F)F)c1N. The van der Waals surface area contributed by atoms with Crippen molar-refractivity contribution in [2.45, 2.75) is 12.8 Å². The van der Waals surface area contributed by atoms with Crippen LogP contribution in [-0.2, 0) is 6.42 Å². The van der Waals surface area contributed by atoms with Crippen molar-refractivity contribution in [1.82, 2.24) is 4.98 Å². The van der Waals surface area contributed by atoms with Crippen molar-refractivity contribution in [2.24, 2.45) is 0 Å². The van der Waals surface area contributed by atoms with Crippen molar-refractivity contribution in [1.29, 1.82) is 5.26 Å². The van der Waals surface area contributed by atoms with Gasteiger partial charge in [-0.15, -0.1) is 0 Å². The Labute approximate surface area is 87.7 Å². The fraction of sp³-hybridized carbons (Fsp3) is 0.250. The summed E-state index contributed by atoms with van der Waals surface area (Å²) in [5, 5.41) is 8.46. The van der Waals surface area contributed by atoms with E-state index < -0.39 is 6.43 Å². The van der Waals surface area contributed by atoms with E-state index in [1.165, 1.54) is 0 Å². The topological polar surface area (TPSA) is 62.7 Å². The van der Waals surface area contributed by atoms with Crippen molar-refractivity contribution < 1.29 is 8.78 Å². The Morgan fingerprint density at radius 3 is 2.79 bits per heavy atom. The number of rotatable bonds is 2. The van der Waals surface area contributed by atoms with Gasteiger partial charge in [-0.2, -0.15) is 5.26 Å². The van der Waals surface area contributed by atoms with Crippen LogP contribution in [0.15, 0.2) is 10.8 Å². The van der Waals surface area contributed by atoms with Gasteiger partial charge >= 0.3 is 0 Å². The Morgan fingerprint density at radius 1 is 1.64 bits per heavy atom. The van der Waals surface area contributed by atoms with Gasteiger partial charge in [-0.1, -0.05) is 0 Å². The maximum atomic E-state index is 12.4. The lowest BCUT2D eigenvalue weighted by molar-refractivity contribution is 0.151. The normalized spacial score (nSPS) is 10.2. The van der Waals surface area contributed by atoms with Crippen molar-refractivity contribution in [3.63, 3.8) is 0 Å². The van der Waals surface area contributed by atoms with E-state index in [0.29, 0.717) is 10.2 Å². The van der Waals surface area contributed by atoms with Crippen LogP contribution in [0.3, 0.4) is 0 Å². The first-order valence-electron chi connectivity index (χ1n) is 3.65. The second-order valence-electron chi connectivity index (χ2n) is 2.53. The second kappa shape index (κ2) is 4.33. The summed E-state index contributed by atoms with van der Waals surface area (Å²) in [7, 11) is 0. The van der Waals surface area contributed by atoms with Crippen LogP contribution < -0.4 is 5.73 Å². The highest BCUT2D eigenvalue weighted by Gasteiger charge is 2.16. The van der Waals surface area contributed by atoms with E-state index in [1.54, 1.807) is 0 Å². The summed E-state index contributed by atoms with van der Waals surface area (Å²) in [4.78, 5) is 3.69. The summed E-state index contributed by atoms with van der Waals surface area (Å²) in [6, 6.07) is 1.84. The minimum Gasteiger partial charge on any atom is -0.398 e. The minimum absolute atomic E-state index is 0.0417. The predicted molar refractivity (Wildman–Crippen MR) is 50.6 cm³/mol. The van der Waals surface area contributed by atoms with Crippen LogP contribution in [0.5, 0.6) is 0 Å². The van der Waals surface area contributed by atoms with Crippen LogP contribution in [0.1, 0.15) is 17.6 Å². The molecule has 0 radical (unpaired) electrons. The molecule has 14 heavy (non-hydrogen) atoms. The molecular weight excluding hydrogens is 256 g/mol. The maximum absolute atomic E-state index is 12.4. The molecule has 0 spiro atoms. The quantitative estimate of drug-likeness (QED) is 0.832. The zero-order chi connectivity index (χ0) is 10.7. The molecule has 0 aliphatic carbocycles. The summed E-state index contributed by atoms with van der Waals surface area (Å²) >= 11 is 3.04. The average Bonchev–Trinajstić information content (AvgIpc) is 2.11. The second-order valence-corrected chi connectivity index (χ2v) is 3.28. The summed E-state index contributed by atoms with van der Waals surface area (Å²) < 4.78 is 25.1. The zero-order valence-electron chi connectivity index (χ0n) is 6.97. The molecule has 0 unspecified atom stereocenters. The van der Waals surface area contributed by atoms with Gasteiger partial charge in [0.05, 0.1) is 18.1 Å². The number of hydrogen-bond acceptors (Lipinski definition) is 3. The highest BCUT2D eigenvalue weighted by atomic mass is 79.9. The minimum atomic E-state index is -2.67. The van der Waals surface area contributed by atoms with Crippen LogP contribution in [0.4, 0.5) is 14.5 Å². The Kier molecular flexibility index (Phi) is 3.36. The standard InChI is InChI=1S/C8H6BrF2N3/c9-7-4(1-2-12)6(13)5(3-14-7)8(10)11/h3,8H,1H2,(H2,13,14). The molecule has 74 valence electrons. The van der Waals surface area contributed by atoms with Crippen LogP contribution in [0, 0.1) is 11.3 Å². The largest absolute Gasteiger partial charge is 0.398 e. The number of pyridine rings is 1. The van der Waals surface area contributed by atoms with Gasteiger partial charge in [-0.3, -0.25) is 0 Å². The molecule has 1 aromatic rings.